The van der Waals surface area contributed by atoms with Crippen molar-refractivity contribution in [2.24, 2.45) is 0 Å². The van der Waals surface area contributed by atoms with E-state index in [4.69, 9.17) is 4.74 Å². The number of nitrogens with one attached hydrogen (secondary N) is 1. The Morgan fingerprint density at radius 1 is 1.14 bits per heavy atom. The molecule has 1 unspecified atom stereocenters. The van der Waals surface area contributed by atoms with Crippen molar-refractivity contribution in [1.82, 2.24) is 0 Å². The molecule has 0 radical (unpaired) electrons. The zero-order valence-electron chi connectivity index (χ0n) is 12.5. The molecule has 0 aliphatic carbocycles. The number of fused-ring (bicyclic) bond motifs is 1. The fourth-order valence-corrected chi connectivity index (χ4v) is 2.50. The lowest BCUT2D eigenvalue weighted by Gasteiger charge is -2.26. The van der Waals surface area contributed by atoms with Crippen molar-refractivity contribution in [3.05, 3.63) is 53.6 Å². The average Bonchev–Trinajstić information content (AvgIpc) is 2.46. The number of benzene rings is 2. The summed E-state index contributed by atoms with van der Waals surface area (Å²) in [4.78, 5) is 12.3. The van der Waals surface area contributed by atoms with E-state index >= 15 is 0 Å². The number of rotatable bonds is 2. The summed E-state index contributed by atoms with van der Waals surface area (Å²) in [5.74, 6) is 1.08. The van der Waals surface area contributed by atoms with Crippen molar-refractivity contribution in [2.45, 2.75) is 25.9 Å². The van der Waals surface area contributed by atoms with Crippen LogP contribution in [-0.2, 0) is 4.79 Å². The van der Waals surface area contributed by atoms with E-state index < -0.39 is 6.10 Å². The number of carbonyl (C=O) groups excluding carboxylic acids is 1. The number of amides is 1. The van der Waals surface area contributed by atoms with Gasteiger partial charge in [-0.2, -0.15) is 0 Å². The molecule has 106 valence electrons. The quantitative estimate of drug-likeness (QED) is 0.855. The molecular formula is C17H18BNO2. The van der Waals surface area contributed by atoms with Gasteiger partial charge in [-0.25, -0.2) is 0 Å². The maximum atomic E-state index is 12.3. The van der Waals surface area contributed by atoms with Crippen molar-refractivity contribution < 1.29 is 9.53 Å². The van der Waals surface area contributed by atoms with Gasteiger partial charge in [0.25, 0.3) is 5.91 Å². The summed E-state index contributed by atoms with van der Waals surface area (Å²) in [6.45, 7) is 4.30. The predicted molar refractivity (Wildman–Crippen MR) is 87.1 cm³/mol. The van der Waals surface area contributed by atoms with Crippen LogP contribution in [0.5, 0.6) is 5.75 Å². The maximum Gasteiger partial charge on any atom is 0.270 e. The summed E-state index contributed by atoms with van der Waals surface area (Å²) in [5.41, 5.74) is 3.97. The van der Waals surface area contributed by atoms with Crippen LogP contribution in [0.15, 0.2) is 42.5 Å². The molecule has 0 bridgehead atoms. The second-order valence-electron chi connectivity index (χ2n) is 5.81. The molecule has 0 aromatic heterocycles. The first-order chi connectivity index (χ1) is 10.0. The maximum absolute atomic E-state index is 12.3. The summed E-state index contributed by atoms with van der Waals surface area (Å²) >= 11 is 0. The Kier molecular flexibility index (Phi) is 3.46. The second kappa shape index (κ2) is 5.28. The smallest absolute Gasteiger partial charge is 0.270 e. The normalized spacial score (nSPS) is 17.1. The molecule has 0 fully saturated rings. The van der Waals surface area contributed by atoms with Crippen molar-refractivity contribution in [3.63, 3.8) is 0 Å². The standard InChI is InChI=1S/C17H18BNO2/c1-10(2)11-3-5-12(6-4-11)16-17(20)19-14-9-13(18)7-8-15(14)21-16/h3-10,16H,18H2,1-2H3,(H,19,20). The van der Waals surface area contributed by atoms with Gasteiger partial charge in [0.05, 0.1) is 5.69 Å². The molecule has 1 N–H and O–H groups in total. The Morgan fingerprint density at radius 2 is 1.86 bits per heavy atom. The van der Waals surface area contributed by atoms with Crippen LogP contribution in [0.25, 0.3) is 0 Å². The van der Waals surface area contributed by atoms with Crippen LogP contribution in [0.4, 0.5) is 5.69 Å². The number of ether oxygens (including phenoxy) is 1. The van der Waals surface area contributed by atoms with Crippen LogP contribution in [0.1, 0.15) is 37.0 Å². The third-order valence-corrected chi connectivity index (χ3v) is 3.78. The average molecular weight is 279 g/mol. The first kappa shape index (κ1) is 13.7. The highest BCUT2D eigenvalue weighted by Crippen LogP contribution is 2.34. The minimum Gasteiger partial charge on any atom is -0.474 e. The minimum absolute atomic E-state index is 0.120. The molecule has 0 spiro atoms. The molecule has 0 saturated heterocycles. The van der Waals surface area contributed by atoms with Crippen LogP contribution in [0.2, 0.25) is 0 Å². The zero-order chi connectivity index (χ0) is 15.0. The lowest BCUT2D eigenvalue weighted by Crippen LogP contribution is -2.30. The van der Waals surface area contributed by atoms with E-state index in [1.807, 2.05) is 38.2 Å². The van der Waals surface area contributed by atoms with Gasteiger partial charge in [0.2, 0.25) is 6.10 Å². The molecule has 1 amide bonds. The molecule has 1 heterocycles. The van der Waals surface area contributed by atoms with Gasteiger partial charge in [0, 0.05) is 5.56 Å². The Bertz CT molecular complexity index is 680. The molecule has 2 aromatic carbocycles. The summed E-state index contributed by atoms with van der Waals surface area (Å²) in [7, 11) is 1.99. The molecule has 21 heavy (non-hydrogen) atoms. The molecule has 1 aliphatic rings. The van der Waals surface area contributed by atoms with Gasteiger partial charge in [-0.15, -0.1) is 0 Å². The van der Waals surface area contributed by atoms with E-state index in [0.29, 0.717) is 5.92 Å². The monoisotopic (exact) mass is 279 g/mol. The molecular weight excluding hydrogens is 261 g/mol. The van der Waals surface area contributed by atoms with Crippen LogP contribution < -0.4 is 15.5 Å². The van der Waals surface area contributed by atoms with Gasteiger partial charge in [0.1, 0.15) is 13.6 Å². The summed E-state index contributed by atoms with van der Waals surface area (Å²) in [6, 6.07) is 13.9. The molecule has 1 aliphatic heterocycles. The van der Waals surface area contributed by atoms with Gasteiger partial charge < -0.3 is 10.1 Å². The van der Waals surface area contributed by atoms with E-state index in [0.717, 1.165) is 22.5 Å². The number of hydrogen-bond donors (Lipinski definition) is 1. The molecule has 3 rings (SSSR count). The van der Waals surface area contributed by atoms with Gasteiger partial charge in [-0.05, 0) is 23.6 Å². The topological polar surface area (TPSA) is 38.3 Å². The van der Waals surface area contributed by atoms with Crippen molar-refractivity contribution in [3.8, 4) is 5.75 Å². The Labute approximate surface area is 125 Å². The van der Waals surface area contributed by atoms with Crippen LogP contribution >= 0.6 is 0 Å². The fraction of sp³-hybridized carbons (Fsp3) is 0.235. The van der Waals surface area contributed by atoms with E-state index in [1.54, 1.807) is 0 Å². The van der Waals surface area contributed by atoms with Gasteiger partial charge in [-0.1, -0.05) is 49.6 Å². The molecule has 2 aromatic rings. The van der Waals surface area contributed by atoms with Crippen molar-refractivity contribution >= 4 is 24.9 Å². The molecule has 0 saturated carbocycles. The lowest BCUT2D eigenvalue weighted by atomic mass is 9.95. The van der Waals surface area contributed by atoms with Crippen molar-refractivity contribution in [2.75, 3.05) is 5.32 Å². The van der Waals surface area contributed by atoms with E-state index in [-0.39, 0.29) is 5.91 Å². The summed E-state index contributed by atoms with van der Waals surface area (Å²) in [6.07, 6.45) is -0.582. The number of carbonyl (C=O) groups is 1. The highest BCUT2D eigenvalue weighted by atomic mass is 16.5. The van der Waals surface area contributed by atoms with Crippen LogP contribution in [0, 0.1) is 0 Å². The summed E-state index contributed by atoms with van der Waals surface area (Å²) < 4.78 is 5.87. The minimum atomic E-state index is -0.582. The third kappa shape index (κ3) is 2.66. The number of hydrogen-bond acceptors (Lipinski definition) is 2. The van der Waals surface area contributed by atoms with E-state index in [1.165, 1.54) is 5.56 Å². The largest absolute Gasteiger partial charge is 0.474 e. The number of anilines is 1. The van der Waals surface area contributed by atoms with Gasteiger partial charge in [-0.3, -0.25) is 4.79 Å². The molecule has 3 nitrogen and oxygen atoms in total. The van der Waals surface area contributed by atoms with Gasteiger partial charge in [0.15, 0.2) is 0 Å². The molecule has 1 atom stereocenters. The Balaban J connectivity index is 1.89. The second-order valence-corrected chi connectivity index (χ2v) is 5.81. The first-order valence-corrected chi connectivity index (χ1v) is 7.22. The lowest BCUT2D eigenvalue weighted by molar-refractivity contribution is -0.123. The highest BCUT2D eigenvalue weighted by molar-refractivity contribution is 6.32. The predicted octanol–water partition coefficient (Wildman–Crippen LogP) is 2.14. The SMILES string of the molecule is Bc1ccc2c(c1)NC(=O)C(c1ccc(C(C)C)cc1)O2. The van der Waals surface area contributed by atoms with E-state index in [2.05, 4.69) is 31.3 Å². The first-order valence-electron chi connectivity index (χ1n) is 7.22. The Morgan fingerprint density at radius 3 is 2.52 bits per heavy atom. The van der Waals surface area contributed by atoms with Gasteiger partial charge >= 0.3 is 0 Å². The third-order valence-electron chi connectivity index (χ3n) is 3.78. The fourth-order valence-electron chi connectivity index (χ4n) is 2.50. The summed E-state index contributed by atoms with van der Waals surface area (Å²) in [5, 5.41) is 2.92. The highest BCUT2D eigenvalue weighted by Gasteiger charge is 2.29. The van der Waals surface area contributed by atoms with Crippen molar-refractivity contribution in [1.29, 1.82) is 0 Å². The molecule has 4 heteroatoms. The van der Waals surface area contributed by atoms with E-state index in [9.17, 15) is 4.79 Å². The van der Waals surface area contributed by atoms with Crippen LogP contribution in [-0.4, -0.2) is 13.8 Å². The zero-order valence-corrected chi connectivity index (χ0v) is 12.5. The van der Waals surface area contributed by atoms with Crippen LogP contribution in [0.3, 0.4) is 0 Å². The Hall–Kier alpha value is -2.23.